The summed E-state index contributed by atoms with van der Waals surface area (Å²) < 4.78 is 2.13. The quantitative estimate of drug-likeness (QED) is 0.846. The number of hydrogen-bond acceptors (Lipinski definition) is 2. The smallest absolute Gasteiger partial charge is 0.108 e. The molecular weight excluding hydrogens is 258 g/mol. The van der Waals surface area contributed by atoms with E-state index in [4.69, 9.17) is 0 Å². The summed E-state index contributed by atoms with van der Waals surface area (Å²) in [6, 6.07) is 11.6. The van der Waals surface area contributed by atoms with Crippen LogP contribution < -0.4 is 5.32 Å². The molecule has 1 heterocycles. The van der Waals surface area contributed by atoms with E-state index < -0.39 is 0 Å². The molecule has 0 spiro atoms. The molecule has 0 radical (unpaired) electrons. The van der Waals surface area contributed by atoms with E-state index in [0.29, 0.717) is 11.5 Å². The highest BCUT2D eigenvalue weighted by atomic mass is 15.0. The van der Waals surface area contributed by atoms with Crippen molar-refractivity contribution in [2.75, 3.05) is 6.54 Å². The molecule has 1 fully saturated rings. The van der Waals surface area contributed by atoms with Gasteiger partial charge in [-0.1, -0.05) is 37.3 Å². The third kappa shape index (κ3) is 2.88. The van der Waals surface area contributed by atoms with Crippen molar-refractivity contribution >= 4 is 0 Å². The molecule has 0 bridgehead atoms. The molecule has 1 N–H and O–H groups in total. The Balaban J connectivity index is 1.74. The number of aryl methyl sites for hydroxylation is 2. The Hall–Kier alpha value is -1.61. The summed E-state index contributed by atoms with van der Waals surface area (Å²) in [6.07, 6.45) is 8.71. The topological polar surface area (TPSA) is 29.9 Å². The monoisotopic (exact) mass is 283 g/mol. The second-order valence-electron chi connectivity index (χ2n) is 6.13. The van der Waals surface area contributed by atoms with E-state index in [0.717, 1.165) is 19.4 Å². The number of imidazole rings is 1. The fourth-order valence-electron chi connectivity index (χ4n) is 3.47. The van der Waals surface area contributed by atoms with Gasteiger partial charge in [-0.15, -0.1) is 0 Å². The summed E-state index contributed by atoms with van der Waals surface area (Å²) in [6.45, 7) is 3.23. The zero-order chi connectivity index (χ0) is 14.7. The number of hydrogen-bond donors (Lipinski definition) is 1. The third-order valence-corrected chi connectivity index (χ3v) is 4.83. The van der Waals surface area contributed by atoms with Gasteiger partial charge in [0, 0.05) is 37.3 Å². The maximum Gasteiger partial charge on any atom is 0.108 e. The van der Waals surface area contributed by atoms with Gasteiger partial charge in [0.2, 0.25) is 0 Å². The van der Waals surface area contributed by atoms with Crippen LogP contribution in [-0.4, -0.2) is 22.1 Å². The molecule has 1 atom stereocenters. The van der Waals surface area contributed by atoms with Crippen LogP contribution in [0.2, 0.25) is 0 Å². The van der Waals surface area contributed by atoms with Gasteiger partial charge in [0.05, 0.1) is 0 Å². The fourth-order valence-corrected chi connectivity index (χ4v) is 3.47. The summed E-state index contributed by atoms with van der Waals surface area (Å²) in [4.78, 5) is 4.46. The van der Waals surface area contributed by atoms with Crippen molar-refractivity contribution in [3.05, 3.63) is 54.1 Å². The Bertz CT molecular complexity index is 569. The normalized spacial score (nSPS) is 17.6. The van der Waals surface area contributed by atoms with Crippen LogP contribution in [-0.2, 0) is 18.9 Å². The Morgan fingerprint density at radius 3 is 2.62 bits per heavy atom. The predicted molar refractivity (Wildman–Crippen MR) is 86.3 cm³/mol. The van der Waals surface area contributed by atoms with Gasteiger partial charge in [-0.25, -0.2) is 4.98 Å². The van der Waals surface area contributed by atoms with Crippen molar-refractivity contribution in [3.8, 4) is 0 Å². The Morgan fingerprint density at radius 2 is 2.05 bits per heavy atom. The molecule has 2 aromatic rings. The Morgan fingerprint density at radius 1 is 1.29 bits per heavy atom. The molecule has 1 aliphatic rings. The van der Waals surface area contributed by atoms with Gasteiger partial charge in [-0.05, 0) is 31.4 Å². The number of rotatable bonds is 7. The minimum atomic E-state index is 0.350. The molecular formula is C18H25N3. The Labute approximate surface area is 127 Å². The van der Waals surface area contributed by atoms with Gasteiger partial charge in [-0.3, -0.25) is 0 Å². The van der Waals surface area contributed by atoms with Crippen molar-refractivity contribution in [1.82, 2.24) is 14.9 Å². The van der Waals surface area contributed by atoms with E-state index in [2.05, 4.69) is 59.2 Å². The molecule has 112 valence electrons. The number of benzene rings is 1. The molecule has 1 aromatic heterocycles. The largest absolute Gasteiger partial charge is 0.338 e. The van der Waals surface area contributed by atoms with Crippen LogP contribution in [0.1, 0.15) is 37.6 Å². The average Bonchev–Trinajstić information content (AvgIpc) is 3.22. The SMILES string of the molecule is CCNC(CCc1nccn1C)C1(c2ccccc2)CC1. The molecule has 0 saturated heterocycles. The minimum absolute atomic E-state index is 0.350. The molecule has 1 saturated carbocycles. The van der Waals surface area contributed by atoms with Crippen molar-refractivity contribution in [3.63, 3.8) is 0 Å². The summed E-state index contributed by atoms with van der Waals surface area (Å²) in [5, 5.41) is 3.73. The Kier molecular flexibility index (Phi) is 4.11. The lowest BCUT2D eigenvalue weighted by atomic mass is 9.85. The lowest BCUT2D eigenvalue weighted by Crippen LogP contribution is -2.40. The molecule has 0 amide bonds. The molecule has 1 aliphatic carbocycles. The highest BCUT2D eigenvalue weighted by molar-refractivity contribution is 5.34. The number of aromatic nitrogens is 2. The molecule has 3 rings (SSSR count). The first-order valence-electron chi connectivity index (χ1n) is 8.01. The van der Waals surface area contributed by atoms with Crippen molar-refractivity contribution in [2.45, 2.75) is 44.1 Å². The van der Waals surface area contributed by atoms with Crippen LogP contribution >= 0.6 is 0 Å². The summed E-state index contributed by atoms with van der Waals surface area (Å²) in [5.74, 6) is 1.18. The average molecular weight is 283 g/mol. The standard InChI is InChI=1S/C18H25N3/c1-3-19-16(9-10-17-20-13-14-21(17)2)18(11-12-18)15-7-5-4-6-8-15/h4-8,13-14,16,19H,3,9-12H2,1-2H3. The van der Waals surface area contributed by atoms with E-state index >= 15 is 0 Å². The zero-order valence-corrected chi connectivity index (χ0v) is 13.0. The first-order valence-corrected chi connectivity index (χ1v) is 8.01. The van der Waals surface area contributed by atoms with Crippen molar-refractivity contribution in [2.24, 2.45) is 7.05 Å². The van der Waals surface area contributed by atoms with Crippen LogP contribution in [0, 0.1) is 0 Å². The van der Waals surface area contributed by atoms with Crippen LogP contribution in [0.25, 0.3) is 0 Å². The highest BCUT2D eigenvalue weighted by Gasteiger charge is 2.49. The first-order chi connectivity index (χ1) is 10.3. The number of nitrogens with zero attached hydrogens (tertiary/aromatic N) is 2. The van der Waals surface area contributed by atoms with E-state index in [1.807, 2.05) is 12.4 Å². The molecule has 3 heteroatoms. The summed E-state index contributed by atoms with van der Waals surface area (Å²) in [7, 11) is 2.08. The van der Waals surface area contributed by atoms with E-state index in [-0.39, 0.29) is 0 Å². The van der Waals surface area contributed by atoms with Crippen LogP contribution in [0.4, 0.5) is 0 Å². The molecule has 3 nitrogen and oxygen atoms in total. The van der Waals surface area contributed by atoms with Crippen LogP contribution in [0.15, 0.2) is 42.7 Å². The van der Waals surface area contributed by atoms with Crippen LogP contribution in [0.3, 0.4) is 0 Å². The van der Waals surface area contributed by atoms with Gasteiger partial charge >= 0.3 is 0 Å². The number of likely N-dealkylation sites (N-methyl/N-ethyl adjacent to an activating group) is 1. The maximum absolute atomic E-state index is 4.46. The zero-order valence-electron chi connectivity index (χ0n) is 13.0. The summed E-state index contributed by atoms with van der Waals surface area (Å²) in [5.41, 5.74) is 1.85. The molecule has 1 aromatic carbocycles. The molecule has 21 heavy (non-hydrogen) atoms. The second-order valence-corrected chi connectivity index (χ2v) is 6.13. The maximum atomic E-state index is 4.46. The highest BCUT2D eigenvalue weighted by Crippen LogP contribution is 2.51. The molecule has 0 aliphatic heterocycles. The van der Waals surface area contributed by atoms with Crippen LogP contribution in [0.5, 0.6) is 0 Å². The van der Waals surface area contributed by atoms with E-state index in [9.17, 15) is 0 Å². The van der Waals surface area contributed by atoms with Gasteiger partial charge in [0.15, 0.2) is 0 Å². The molecule has 1 unspecified atom stereocenters. The summed E-state index contributed by atoms with van der Waals surface area (Å²) >= 11 is 0. The van der Waals surface area contributed by atoms with E-state index in [1.54, 1.807) is 0 Å². The van der Waals surface area contributed by atoms with Crippen molar-refractivity contribution in [1.29, 1.82) is 0 Å². The van der Waals surface area contributed by atoms with Gasteiger partial charge in [0.25, 0.3) is 0 Å². The first kappa shape index (κ1) is 14.3. The van der Waals surface area contributed by atoms with E-state index in [1.165, 1.54) is 24.2 Å². The fraction of sp³-hybridized carbons (Fsp3) is 0.500. The van der Waals surface area contributed by atoms with Gasteiger partial charge in [-0.2, -0.15) is 0 Å². The minimum Gasteiger partial charge on any atom is -0.338 e. The number of nitrogens with one attached hydrogen (secondary N) is 1. The van der Waals surface area contributed by atoms with Gasteiger partial charge in [0.1, 0.15) is 5.82 Å². The van der Waals surface area contributed by atoms with Crippen molar-refractivity contribution < 1.29 is 0 Å². The lowest BCUT2D eigenvalue weighted by Gasteiger charge is -2.28. The lowest BCUT2D eigenvalue weighted by molar-refractivity contribution is 0.396. The third-order valence-electron chi connectivity index (χ3n) is 4.83. The predicted octanol–water partition coefficient (Wildman–Crippen LogP) is 3.06. The van der Waals surface area contributed by atoms with Gasteiger partial charge < -0.3 is 9.88 Å². The second kappa shape index (κ2) is 6.02.